The van der Waals surface area contributed by atoms with E-state index in [-0.39, 0.29) is 6.61 Å². The topological polar surface area (TPSA) is 102 Å². The Morgan fingerprint density at radius 1 is 1.38 bits per heavy atom. The standard InChI is InChI=1S/C10H12N2O4/c11-8(13)9(14)12-10(15)16-6-7-4-2-1-3-5-7/h1-5,9,14H,6H2,(H2,11,13)(H,12,15). The summed E-state index contributed by atoms with van der Waals surface area (Å²) in [6.45, 7) is 0.0537. The van der Waals surface area contributed by atoms with E-state index < -0.39 is 18.2 Å². The highest BCUT2D eigenvalue weighted by atomic mass is 16.6. The first-order valence-electron chi connectivity index (χ1n) is 4.54. The second-order valence-electron chi connectivity index (χ2n) is 3.01. The number of ether oxygens (including phenoxy) is 1. The fourth-order valence-electron chi connectivity index (χ4n) is 0.948. The Morgan fingerprint density at radius 3 is 2.56 bits per heavy atom. The van der Waals surface area contributed by atoms with Crippen molar-refractivity contribution in [1.29, 1.82) is 0 Å². The van der Waals surface area contributed by atoms with Crippen molar-refractivity contribution in [2.24, 2.45) is 5.73 Å². The van der Waals surface area contributed by atoms with Gasteiger partial charge in [-0.05, 0) is 5.56 Å². The Bertz CT molecular complexity index is 366. The van der Waals surface area contributed by atoms with E-state index in [9.17, 15) is 9.59 Å². The third-order valence-electron chi connectivity index (χ3n) is 1.74. The van der Waals surface area contributed by atoms with Crippen LogP contribution in [0.25, 0.3) is 0 Å². The zero-order valence-electron chi connectivity index (χ0n) is 8.42. The Kier molecular flexibility index (Phi) is 4.28. The number of hydrogen-bond donors (Lipinski definition) is 3. The van der Waals surface area contributed by atoms with Crippen molar-refractivity contribution >= 4 is 12.0 Å². The molecule has 6 heteroatoms. The number of nitrogens with two attached hydrogens (primary N) is 1. The Hall–Kier alpha value is -2.08. The maximum absolute atomic E-state index is 11.0. The van der Waals surface area contributed by atoms with Crippen LogP contribution in [0.3, 0.4) is 0 Å². The average molecular weight is 224 g/mol. The lowest BCUT2D eigenvalue weighted by atomic mass is 10.2. The molecule has 6 nitrogen and oxygen atoms in total. The third-order valence-corrected chi connectivity index (χ3v) is 1.74. The molecule has 1 aromatic carbocycles. The summed E-state index contributed by atoms with van der Waals surface area (Å²) in [6.07, 6.45) is -2.64. The molecule has 0 radical (unpaired) electrons. The summed E-state index contributed by atoms with van der Waals surface area (Å²) in [7, 11) is 0. The fraction of sp³-hybridized carbons (Fsp3) is 0.200. The molecule has 0 aliphatic heterocycles. The van der Waals surface area contributed by atoms with Gasteiger partial charge in [-0.2, -0.15) is 0 Å². The van der Waals surface area contributed by atoms with E-state index >= 15 is 0 Å². The molecule has 0 bridgehead atoms. The number of rotatable bonds is 4. The summed E-state index contributed by atoms with van der Waals surface area (Å²) in [5.74, 6) is -1.04. The minimum Gasteiger partial charge on any atom is -0.445 e. The number of carbonyl (C=O) groups excluding carboxylic acids is 2. The van der Waals surface area contributed by atoms with Crippen LogP contribution in [0.4, 0.5) is 4.79 Å². The van der Waals surface area contributed by atoms with Gasteiger partial charge in [-0.1, -0.05) is 30.3 Å². The van der Waals surface area contributed by atoms with Crippen LogP contribution >= 0.6 is 0 Å². The SMILES string of the molecule is NC(=O)C(O)NC(=O)OCc1ccccc1. The maximum atomic E-state index is 11.0. The number of primary amides is 1. The summed E-state index contributed by atoms with van der Waals surface area (Å²) >= 11 is 0. The van der Waals surface area contributed by atoms with Crippen LogP contribution in [-0.4, -0.2) is 23.3 Å². The Balaban J connectivity index is 2.33. The van der Waals surface area contributed by atoms with Gasteiger partial charge >= 0.3 is 6.09 Å². The number of nitrogens with one attached hydrogen (secondary N) is 1. The molecule has 0 spiro atoms. The molecule has 1 aromatic rings. The van der Waals surface area contributed by atoms with Gasteiger partial charge in [0.2, 0.25) is 6.23 Å². The lowest BCUT2D eigenvalue weighted by Gasteiger charge is -2.09. The van der Waals surface area contributed by atoms with Crippen molar-refractivity contribution in [1.82, 2.24) is 5.32 Å². The third kappa shape index (κ3) is 3.97. The zero-order chi connectivity index (χ0) is 12.0. The van der Waals surface area contributed by atoms with Gasteiger partial charge in [-0.3, -0.25) is 10.1 Å². The molecule has 0 aromatic heterocycles. The van der Waals surface area contributed by atoms with Crippen molar-refractivity contribution in [3.8, 4) is 0 Å². The highest BCUT2D eigenvalue weighted by Gasteiger charge is 2.14. The molecule has 86 valence electrons. The molecule has 0 aliphatic carbocycles. The van der Waals surface area contributed by atoms with Gasteiger partial charge in [0.05, 0.1) is 0 Å². The van der Waals surface area contributed by atoms with Crippen LogP contribution < -0.4 is 11.1 Å². The monoisotopic (exact) mass is 224 g/mol. The number of amides is 2. The largest absolute Gasteiger partial charge is 0.445 e. The van der Waals surface area contributed by atoms with E-state index in [4.69, 9.17) is 15.6 Å². The van der Waals surface area contributed by atoms with E-state index in [0.717, 1.165) is 5.56 Å². The van der Waals surface area contributed by atoms with Crippen molar-refractivity contribution < 1.29 is 19.4 Å². The van der Waals surface area contributed by atoms with Gasteiger partial charge in [-0.25, -0.2) is 4.79 Å². The van der Waals surface area contributed by atoms with E-state index in [1.807, 2.05) is 11.4 Å². The average Bonchev–Trinajstić information content (AvgIpc) is 2.27. The van der Waals surface area contributed by atoms with E-state index in [0.29, 0.717) is 0 Å². The van der Waals surface area contributed by atoms with Crippen molar-refractivity contribution in [3.63, 3.8) is 0 Å². The number of benzene rings is 1. The number of carbonyl (C=O) groups is 2. The summed E-state index contributed by atoms with van der Waals surface area (Å²) in [4.78, 5) is 21.4. The lowest BCUT2D eigenvalue weighted by Crippen LogP contribution is -2.44. The van der Waals surface area contributed by atoms with Gasteiger partial charge in [-0.15, -0.1) is 0 Å². The van der Waals surface area contributed by atoms with Crippen molar-refractivity contribution in [2.75, 3.05) is 0 Å². The lowest BCUT2D eigenvalue weighted by molar-refractivity contribution is -0.127. The second kappa shape index (κ2) is 5.72. The van der Waals surface area contributed by atoms with Gasteiger partial charge < -0.3 is 15.6 Å². The van der Waals surface area contributed by atoms with Crippen LogP contribution in [0, 0.1) is 0 Å². The zero-order valence-corrected chi connectivity index (χ0v) is 8.42. The van der Waals surface area contributed by atoms with Crippen LogP contribution in [0.2, 0.25) is 0 Å². The molecule has 4 N–H and O–H groups in total. The number of aliphatic hydroxyl groups is 1. The van der Waals surface area contributed by atoms with E-state index in [2.05, 4.69) is 0 Å². The molecule has 1 atom stereocenters. The molecular weight excluding hydrogens is 212 g/mol. The molecule has 1 rings (SSSR count). The quantitative estimate of drug-likeness (QED) is 0.612. The van der Waals surface area contributed by atoms with Gasteiger partial charge in [0.15, 0.2) is 0 Å². The molecule has 0 heterocycles. The molecular formula is C10H12N2O4. The molecule has 1 unspecified atom stereocenters. The number of hydrogen-bond acceptors (Lipinski definition) is 4. The van der Waals surface area contributed by atoms with Gasteiger partial charge in [0.1, 0.15) is 6.61 Å². The highest BCUT2D eigenvalue weighted by Crippen LogP contribution is 2.00. The fourth-order valence-corrected chi connectivity index (χ4v) is 0.948. The van der Waals surface area contributed by atoms with E-state index in [1.165, 1.54) is 0 Å². The molecule has 0 aliphatic rings. The van der Waals surface area contributed by atoms with Crippen molar-refractivity contribution in [3.05, 3.63) is 35.9 Å². The molecule has 2 amide bonds. The normalized spacial score (nSPS) is 11.6. The summed E-state index contributed by atoms with van der Waals surface area (Å²) in [5, 5.41) is 10.8. The van der Waals surface area contributed by atoms with Crippen LogP contribution in [0.15, 0.2) is 30.3 Å². The minimum atomic E-state index is -1.73. The molecule has 16 heavy (non-hydrogen) atoms. The van der Waals surface area contributed by atoms with Crippen LogP contribution in [0.1, 0.15) is 5.56 Å². The summed E-state index contributed by atoms with van der Waals surface area (Å²) in [5.41, 5.74) is 5.53. The molecule has 0 saturated heterocycles. The molecule has 0 fully saturated rings. The van der Waals surface area contributed by atoms with Crippen LogP contribution in [0.5, 0.6) is 0 Å². The summed E-state index contributed by atoms with van der Waals surface area (Å²) in [6, 6.07) is 8.99. The Morgan fingerprint density at radius 2 is 2.00 bits per heavy atom. The predicted octanol–water partition coefficient (Wildman–Crippen LogP) is -0.284. The highest BCUT2D eigenvalue weighted by molar-refractivity contribution is 5.82. The first-order valence-corrected chi connectivity index (χ1v) is 4.54. The van der Waals surface area contributed by atoms with E-state index in [1.54, 1.807) is 24.3 Å². The maximum Gasteiger partial charge on any atom is 0.409 e. The number of aliphatic hydroxyl groups excluding tert-OH is 1. The van der Waals surface area contributed by atoms with Gasteiger partial charge in [0, 0.05) is 0 Å². The van der Waals surface area contributed by atoms with Gasteiger partial charge in [0.25, 0.3) is 5.91 Å². The van der Waals surface area contributed by atoms with Crippen molar-refractivity contribution in [2.45, 2.75) is 12.8 Å². The minimum absolute atomic E-state index is 0.0537. The van der Waals surface area contributed by atoms with Crippen LogP contribution in [-0.2, 0) is 16.1 Å². The second-order valence-corrected chi connectivity index (χ2v) is 3.01. The number of alkyl carbamates (subject to hydrolysis) is 1. The molecule has 0 saturated carbocycles. The predicted molar refractivity (Wildman–Crippen MR) is 55.0 cm³/mol. The first kappa shape index (κ1) is 12.0. The Labute approximate surface area is 92.0 Å². The smallest absolute Gasteiger partial charge is 0.409 e. The summed E-state index contributed by atoms with van der Waals surface area (Å²) < 4.78 is 4.73. The first-order chi connectivity index (χ1) is 7.59.